The molecule has 6 rings (SSSR count). The molecular formula is C29H25ClN4O4. The van der Waals surface area contributed by atoms with Gasteiger partial charge in [0.25, 0.3) is 5.91 Å². The molecule has 3 aliphatic rings. The first-order valence-electron chi connectivity index (χ1n) is 12.4. The van der Waals surface area contributed by atoms with E-state index < -0.39 is 29.3 Å². The van der Waals surface area contributed by atoms with E-state index in [-0.39, 0.29) is 24.3 Å². The van der Waals surface area contributed by atoms with Gasteiger partial charge in [0.1, 0.15) is 5.54 Å². The molecule has 38 heavy (non-hydrogen) atoms. The fourth-order valence-electron chi connectivity index (χ4n) is 6.21. The predicted molar refractivity (Wildman–Crippen MR) is 144 cm³/mol. The highest BCUT2D eigenvalue weighted by atomic mass is 35.5. The number of nitrogens with zero attached hydrogens (tertiary/aromatic N) is 2. The van der Waals surface area contributed by atoms with E-state index in [0.717, 1.165) is 5.56 Å². The van der Waals surface area contributed by atoms with Gasteiger partial charge in [0.05, 0.1) is 24.1 Å². The largest absolute Gasteiger partial charge is 0.326 e. The van der Waals surface area contributed by atoms with Gasteiger partial charge in [0.15, 0.2) is 0 Å². The van der Waals surface area contributed by atoms with Gasteiger partial charge in [-0.3, -0.25) is 24.5 Å². The van der Waals surface area contributed by atoms with Gasteiger partial charge in [-0.25, -0.2) is 4.90 Å². The molecular weight excluding hydrogens is 504 g/mol. The Labute approximate surface area is 224 Å². The molecule has 0 radical (unpaired) electrons. The van der Waals surface area contributed by atoms with Crippen molar-refractivity contribution in [3.8, 4) is 0 Å². The Morgan fingerprint density at radius 2 is 1.66 bits per heavy atom. The van der Waals surface area contributed by atoms with E-state index in [9.17, 15) is 19.2 Å². The Balaban J connectivity index is 1.41. The van der Waals surface area contributed by atoms with Crippen molar-refractivity contribution in [2.45, 2.75) is 32.0 Å². The number of fused-ring (bicyclic) bond motifs is 4. The molecule has 2 N–H and O–H groups in total. The molecule has 3 aromatic carbocycles. The van der Waals surface area contributed by atoms with E-state index in [1.807, 2.05) is 49.4 Å². The van der Waals surface area contributed by atoms with Crippen LogP contribution in [0.25, 0.3) is 0 Å². The molecule has 1 spiro atoms. The topological polar surface area (TPSA) is 98.8 Å². The first-order chi connectivity index (χ1) is 18.2. The summed E-state index contributed by atoms with van der Waals surface area (Å²) < 4.78 is 0. The normalized spacial score (nSPS) is 25.8. The fourth-order valence-corrected chi connectivity index (χ4v) is 6.41. The van der Waals surface area contributed by atoms with E-state index in [1.165, 1.54) is 11.8 Å². The second-order valence-corrected chi connectivity index (χ2v) is 10.4. The third-order valence-corrected chi connectivity index (χ3v) is 8.11. The third-order valence-electron chi connectivity index (χ3n) is 7.75. The molecule has 0 aromatic heterocycles. The van der Waals surface area contributed by atoms with E-state index >= 15 is 0 Å². The second kappa shape index (κ2) is 8.79. The summed E-state index contributed by atoms with van der Waals surface area (Å²) in [4.78, 5) is 56.3. The minimum absolute atomic E-state index is 0.220. The molecule has 3 heterocycles. The smallest absolute Gasteiger partial charge is 0.253 e. The van der Waals surface area contributed by atoms with Crippen molar-refractivity contribution in [2.75, 3.05) is 15.1 Å². The molecule has 0 saturated carbocycles. The maximum atomic E-state index is 14.3. The lowest BCUT2D eigenvalue weighted by Gasteiger charge is -2.30. The summed E-state index contributed by atoms with van der Waals surface area (Å²) in [5, 5.41) is 6.62. The molecule has 0 bridgehead atoms. The molecule has 192 valence electrons. The van der Waals surface area contributed by atoms with E-state index in [1.54, 1.807) is 35.2 Å². The van der Waals surface area contributed by atoms with Gasteiger partial charge in [0.2, 0.25) is 17.7 Å². The molecule has 4 atom stereocenters. The average Bonchev–Trinajstić information content (AvgIpc) is 3.44. The zero-order valence-corrected chi connectivity index (χ0v) is 21.5. The molecule has 0 unspecified atom stereocenters. The van der Waals surface area contributed by atoms with Crippen LogP contribution in [-0.2, 0) is 31.3 Å². The summed E-state index contributed by atoms with van der Waals surface area (Å²) in [5.41, 5.74) is 1.74. The van der Waals surface area contributed by atoms with Crippen molar-refractivity contribution in [2.24, 2.45) is 11.8 Å². The van der Waals surface area contributed by atoms with Crippen molar-refractivity contribution in [1.29, 1.82) is 0 Å². The van der Waals surface area contributed by atoms with Crippen LogP contribution in [0.15, 0.2) is 72.8 Å². The number of imide groups is 1. The van der Waals surface area contributed by atoms with Gasteiger partial charge >= 0.3 is 0 Å². The van der Waals surface area contributed by atoms with Crippen molar-refractivity contribution < 1.29 is 19.2 Å². The summed E-state index contributed by atoms with van der Waals surface area (Å²) in [7, 11) is 0. The first-order valence-corrected chi connectivity index (χ1v) is 12.8. The maximum Gasteiger partial charge on any atom is 0.253 e. The van der Waals surface area contributed by atoms with Crippen LogP contribution in [0.5, 0.6) is 0 Å². The molecule has 8 nitrogen and oxygen atoms in total. The zero-order chi connectivity index (χ0) is 26.8. The number of benzene rings is 3. The molecule has 3 aliphatic heterocycles. The standard InChI is InChI=1S/C29H25ClN4O4/c1-16-24-25(27(37)34(26(24)36)20-13-11-19(12-14-20)31-17(2)35)29(32-16)21-8-4-6-10-23(21)33(28(29)38)15-18-7-3-5-9-22(18)30/h3-14,16,24-25,32H,15H2,1-2H3,(H,31,35)/t16-,24+,25-,29-/m0/s1. The Morgan fingerprint density at radius 1 is 0.974 bits per heavy atom. The van der Waals surface area contributed by atoms with E-state index in [4.69, 9.17) is 11.6 Å². The summed E-state index contributed by atoms with van der Waals surface area (Å²) in [6.45, 7) is 3.48. The summed E-state index contributed by atoms with van der Waals surface area (Å²) in [5.74, 6) is -2.89. The summed E-state index contributed by atoms with van der Waals surface area (Å²) >= 11 is 6.43. The lowest BCUT2D eigenvalue weighted by Crippen LogP contribution is -2.54. The molecule has 0 aliphatic carbocycles. The SMILES string of the molecule is CC(=O)Nc1ccc(N2C(=O)[C@@H]3[C@H](C)N[C@]4(C(=O)N(Cc5ccccc5Cl)c5ccccc54)[C@@H]3C2=O)cc1. The number of hydrogen-bond acceptors (Lipinski definition) is 5. The molecule has 2 saturated heterocycles. The lowest BCUT2D eigenvalue weighted by atomic mass is 9.76. The van der Waals surface area contributed by atoms with Gasteiger partial charge in [-0.15, -0.1) is 0 Å². The minimum Gasteiger partial charge on any atom is -0.326 e. The predicted octanol–water partition coefficient (Wildman–Crippen LogP) is 3.84. The maximum absolute atomic E-state index is 14.3. The molecule has 9 heteroatoms. The molecule has 3 aromatic rings. The number of amides is 4. The van der Waals surface area contributed by atoms with Crippen LogP contribution in [-0.4, -0.2) is 29.7 Å². The number of carbonyl (C=O) groups is 4. The van der Waals surface area contributed by atoms with E-state index in [0.29, 0.717) is 27.6 Å². The van der Waals surface area contributed by atoms with Gasteiger partial charge in [-0.1, -0.05) is 48.0 Å². The average molecular weight is 529 g/mol. The number of halogens is 1. The van der Waals surface area contributed by atoms with Gasteiger partial charge < -0.3 is 10.2 Å². The van der Waals surface area contributed by atoms with Crippen LogP contribution in [0, 0.1) is 11.8 Å². The van der Waals surface area contributed by atoms with Crippen molar-refractivity contribution in [3.63, 3.8) is 0 Å². The van der Waals surface area contributed by atoms with Crippen molar-refractivity contribution in [3.05, 3.63) is 88.9 Å². The third kappa shape index (κ3) is 3.40. The van der Waals surface area contributed by atoms with Crippen LogP contribution in [0.1, 0.15) is 25.0 Å². The zero-order valence-electron chi connectivity index (χ0n) is 20.8. The van der Waals surface area contributed by atoms with E-state index in [2.05, 4.69) is 10.6 Å². The monoisotopic (exact) mass is 528 g/mol. The highest BCUT2D eigenvalue weighted by molar-refractivity contribution is 6.31. The quantitative estimate of drug-likeness (QED) is 0.501. The van der Waals surface area contributed by atoms with Crippen LogP contribution < -0.4 is 20.4 Å². The number of anilines is 3. The Morgan fingerprint density at radius 3 is 2.37 bits per heavy atom. The number of rotatable bonds is 4. The lowest BCUT2D eigenvalue weighted by molar-refractivity contribution is -0.132. The van der Waals surface area contributed by atoms with Crippen LogP contribution in [0.3, 0.4) is 0 Å². The number of para-hydroxylation sites is 1. The number of nitrogens with one attached hydrogen (secondary N) is 2. The van der Waals surface area contributed by atoms with Crippen LogP contribution >= 0.6 is 11.6 Å². The van der Waals surface area contributed by atoms with Crippen molar-refractivity contribution in [1.82, 2.24) is 5.32 Å². The minimum atomic E-state index is -1.38. The van der Waals surface area contributed by atoms with Gasteiger partial charge in [-0.05, 0) is 48.9 Å². The van der Waals surface area contributed by atoms with Gasteiger partial charge in [0, 0.05) is 34.9 Å². The second-order valence-electron chi connectivity index (χ2n) is 9.98. The highest BCUT2D eigenvalue weighted by Crippen LogP contribution is 2.55. The summed E-state index contributed by atoms with van der Waals surface area (Å²) in [6.07, 6.45) is 0. The van der Waals surface area contributed by atoms with Crippen LogP contribution in [0.4, 0.5) is 17.1 Å². The Kier molecular flexibility index (Phi) is 5.63. The summed E-state index contributed by atoms with van der Waals surface area (Å²) in [6, 6.07) is 20.9. The fraction of sp³-hybridized carbons (Fsp3) is 0.241. The molecule has 4 amide bonds. The number of carbonyl (C=O) groups excluding carboxylic acids is 4. The first kappa shape index (κ1) is 24.3. The number of hydrogen-bond donors (Lipinski definition) is 2. The Hall–Kier alpha value is -4.01. The highest BCUT2D eigenvalue weighted by Gasteiger charge is 2.71. The van der Waals surface area contributed by atoms with Crippen molar-refractivity contribution >= 4 is 52.3 Å². The Bertz CT molecular complexity index is 1510. The molecule has 2 fully saturated rings. The van der Waals surface area contributed by atoms with Crippen LogP contribution in [0.2, 0.25) is 5.02 Å². The van der Waals surface area contributed by atoms with Gasteiger partial charge in [-0.2, -0.15) is 0 Å².